The fourth-order valence-electron chi connectivity index (χ4n) is 7.49. The summed E-state index contributed by atoms with van der Waals surface area (Å²) in [5.41, 5.74) is 6.80. The van der Waals surface area contributed by atoms with Crippen molar-refractivity contribution < 1.29 is 43.5 Å². The first-order chi connectivity index (χ1) is 21.2. The SMILES string of the molecule is CCC[SiH]=[Hf]([CH3])([CH3])([CH]1C=Cc2c(-c3ccc(C(F)(F)F)cc3)cccc21)[CH]1C=Cc2c(-c3ccc(C(F)(F)F)cc3)cccc21. The van der Waals surface area contributed by atoms with Crippen molar-refractivity contribution in [2.45, 2.75) is 48.5 Å². The summed E-state index contributed by atoms with van der Waals surface area (Å²) in [7, 11) is 0. The Morgan fingerprint density at radius 3 is 1.36 bits per heavy atom. The van der Waals surface area contributed by atoms with Gasteiger partial charge in [0.2, 0.25) is 0 Å². The summed E-state index contributed by atoms with van der Waals surface area (Å²) in [5.74, 6) is 0. The van der Waals surface area contributed by atoms with E-state index < -0.39 is 40.6 Å². The molecule has 0 aliphatic heterocycles. The molecule has 4 aromatic carbocycles. The number of hydrogen-bond acceptors (Lipinski definition) is 0. The molecule has 0 radical (unpaired) electrons. The van der Waals surface area contributed by atoms with Crippen LogP contribution in [-0.4, -0.2) is 6.22 Å². The summed E-state index contributed by atoms with van der Waals surface area (Å²) in [4.78, 5) is 0. The molecule has 4 aromatic rings. The van der Waals surface area contributed by atoms with Gasteiger partial charge in [-0.1, -0.05) is 0 Å². The molecule has 2 unspecified atom stereocenters. The molecule has 2 aliphatic rings. The van der Waals surface area contributed by atoms with Gasteiger partial charge >= 0.3 is 263 Å². The van der Waals surface area contributed by atoms with Gasteiger partial charge in [0.15, 0.2) is 0 Å². The Morgan fingerprint density at radius 1 is 0.600 bits per heavy atom. The van der Waals surface area contributed by atoms with Gasteiger partial charge in [0.05, 0.1) is 0 Å². The van der Waals surface area contributed by atoms with Crippen molar-refractivity contribution in [2.75, 3.05) is 0 Å². The Labute approximate surface area is 261 Å². The maximum atomic E-state index is 13.3. The molecule has 45 heavy (non-hydrogen) atoms. The van der Waals surface area contributed by atoms with Crippen LogP contribution in [-0.2, 0) is 29.5 Å². The van der Waals surface area contributed by atoms with Gasteiger partial charge in [0.1, 0.15) is 0 Å². The van der Waals surface area contributed by atoms with Crippen LogP contribution in [0.2, 0.25) is 15.4 Å². The molecule has 0 aromatic heterocycles. The molecular weight excluding hydrogens is 765 g/mol. The Hall–Kier alpha value is -2.97. The van der Waals surface area contributed by atoms with E-state index in [4.69, 9.17) is 0 Å². The van der Waals surface area contributed by atoms with E-state index in [2.05, 4.69) is 52.7 Å². The summed E-state index contributed by atoms with van der Waals surface area (Å²) in [6.07, 6.45) is 1.56. The van der Waals surface area contributed by atoms with Crippen molar-refractivity contribution >= 4 is 18.4 Å². The Morgan fingerprint density at radius 2 is 1.00 bits per heavy atom. The number of rotatable bonds is 6. The molecule has 6 rings (SSSR count). The molecule has 0 spiro atoms. The van der Waals surface area contributed by atoms with Crippen molar-refractivity contribution in [3.05, 3.63) is 130 Å². The third-order valence-electron chi connectivity index (χ3n) is 9.95. The number of fused-ring (bicyclic) bond motifs is 2. The molecule has 0 nitrogen and oxygen atoms in total. The second-order valence-electron chi connectivity index (χ2n) is 13.2. The zero-order valence-electron chi connectivity index (χ0n) is 25.3. The minimum atomic E-state index is -4.38. The first-order valence-corrected chi connectivity index (χ1v) is 34.2. The molecule has 0 N–H and O–H groups in total. The van der Waals surface area contributed by atoms with Gasteiger partial charge in [0.25, 0.3) is 0 Å². The monoisotopic (exact) mass is 800 g/mol. The predicted molar refractivity (Wildman–Crippen MR) is 171 cm³/mol. The van der Waals surface area contributed by atoms with Crippen LogP contribution in [0.15, 0.2) is 97.1 Å². The molecule has 0 bridgehead atoms. The quantitative estimate of drug-likeness (QED) is 0.135. The fourth-order valence-corrected chi connectivity index (χ4v) is 47.7. The molecule has 8 heteroatoms. The number of alkyl halides is 6. The Bertz CT molecular complexity index is 1760. The molecular formula is C37H34F6HfSi. The van der Waals surface area contributed by atoms with Crippen LogP contribution in [0.25, 0.3) is 34.4 Å². The van der Waals surface area contributed by atoms with E-state index in [0.717, 1.165) is 64.1 Å². The number of halogens is 6. The minimum absolute atomic E-state index is 0.134. The predicted octanol–water partition coefficient (Wildman–Crippen LogP) is 11.9. The Balaban J connectivity index is 1.43. The standard InChI is InChI=1S/2C16H10F3.C3H8Si.2CH3.Hf/c2*17-16(18,19)13-9-7-12(8-10-13)15-6-2-4-11-3-1-5-14(11)15;1-2-3-4;;;/h2*1-10H;4H,2-3H2,1H3;2*1H3;. The van der Waals surface area contributed by atoms with E-state index >= 15 is 0 Å². The van der Waals surface area contributed by atoms with Crippen LogP contribution in [0.1, 0.15) is 54.1 Å². The molecule has 0 saturated heterocycles. The van der Waals surface area contributed by atoms with Crippen LogP contribution in [0.5, 0.6) is 0 Å². The average molecular weight is 799 g/mol. The molecule has 2 atom stereocenters. The van der Waals surface area contributed by atoms with E-state index in [1.165, 1.54) is 17.2 Å². The number of hydrogen-bond donors (Lipinski definition) is 0. The molecule has 232 valence electrons. The zero-order valence-corrected chi connectivity index (χ0v) is 30.1. The van der Waals surface area contributed by atoms with Crippen molar-refractivity contribution in [1.82, 2.24) is 0 Å². The van der Waals surface area contributed by atoms with E-state index in [-0.39, 0.29) is 13.6 Å². The van der Waals surface area contributed by atoms with Gasteiger partial charge in [-0.15, -0.1) is 0 Å². The topological polar surface area (TPSA) is 0 Å². The average Bonchev–Trinajstić information content (AvgIpc) is 3.66. The summed E-state index contributed by atoms with van der Waals surface area (Å²) in [6.45, 7) is 2.23. The molecule has 0 heterocycles. The molecule has 0 fully saturated rings. The molecule has 0 saturated carbocycles. The first kappa shape index (κ1) is 32.0. The van der Waals surface area contributed by atoms with E-state index in [1.54, 1.807) is 24.3 Å². The van der Waals surface area contributed by atoms with E-state index in [1.807, 2.05) is 24.3 Å². The van der Waals surface area contributed by atoms with Crippen molar-refractivity contribution in [3.63, 3.8) is 0 Å². The molecule has 0 amide bonds. The fraction of sp³-hybridized carbons (Fsp3) is 0.243. The van der Waals surface area contributed by atoms with Crippen molar-refractivity contribution in [3.8, 4) is 22.3 Å². The van der Waals surface area contributed by atoms with Gasteiger partial charge in [-0.2, -0.15) is 0 Å². The van der Waals surface area contributed by atoms with Gasteiger partial charge in [-0.05, 0) is 0 Å². The molecule has 2 aliphatic carbocycles. The Kier molecular flexibility index (Phi) is 8.08. The normalized spacial score (nSPS) is 17.8. The van der Waals surface area contributed by atoms with Gasteiger partial charge in [-0.25, -0.2) is 0 Å². The van der Waals surface area contributed by atoms with Crippen LogP contribution in [0.4, 0.5) is 26.3 Å². The third kappa shape index (κ3) is 5.66. The number of allylic oxidation sites excluding steroid dienone is 2. The second-order valence-corrected chi connectivity index (χ2v) is 57.6. The van der Waals surface area contributed by atoms with Crippen LogP contribution < -0.4 is 0 Å². The van der Waals surface area contributed by atoms with E-state index in [0.29, 0.717) is 0 Å². The number of benzene rings is 4. The maximum absolute atomic E-state index is 13.3. The first-order valence-electron chi connectivity index (χ1n) is 15.2. The summed E-state index contributed by atoms with van der Waals surface area (Å²) < 4.78 is 85.2. The van der Waals surface area contributed by atoms with Gasteiger partial charge in [0, 0.05) is 0 Å². The second kappa shape index (κ2) is 11.4. The summed E-state index contributed by atoms with van der Waals surface area (Å²) in [6, 6.07) is 24.4. The van der Waals surface area contributed by atoms with Crippen molar-refractivity contribution in [2.24, 2.45) is 0 Å². The summed E-state index contributed by atoms with van der Waals surface area (Å²) >= 11 is -3.97. The summed E-state index contributed by atoms with van der Waals surface area (Å²) in [5, 5.41) is 0. The van der Waals surface area contributed by atoms with Gasteiger partial charge in [-0.3, -0.25) is 0 Å². The third-order valence-corrected chi connectivity index (χ3v) is 52.7. The van der Waals surface area contributed by atoms with Crippen LogP contribution in [0, 0.1) is 0 Å². The van der Waals surface area contributed by atoms with Crippen LogP contribution >= 0.6 is 0 Å². The van der Waals surface area contributed by atoms with Crippen LogP contribution in [0.3, 0.4) is 0 Å². The van der Waals surface area contributed by atoms with Crippen molar-refractivity contribution in [1.29, 1.82) is 0 Å². The van der Waals surface area contributed by atoms with E-state index in [9.17, 15) is 26.3 Å². The van der Waals surface area contributed by atoms with Gasteiger partial charge < -0.3 is 0 Å². The zero-order chi connectivity index (χ0) is 32.2.